The smallest absolute Gasteiger partial charge is 0.254 e. The Morgan fingerprint density at radius 3 is 2.47 bits per heavy atom. The topological polar surface area (TPSA) is 49.4 Å². The van der Waals surface area contributed by atoms with Crippen LogP contribution in [0, 0.1) is 0 Å². The number of hydrogen-bond donors (Lipinski definition) is 1. The Morgan fingerprint density at radius 2 is 1.89 bits per heavy atom. The first kappa shape index (κ1) is 13.6. The van der Waals surface area contributed by atoms with E-state index in [2.05, 4.69) is 12.2 Å². The van der Waals surface area contributed by atoms with Crippen molar-refractivity contribution in [3.63, 3.8) is 0 Å². The SMILES string of the molecule is CC(=O)Nc1ccc(C(=O)N2CCCCC2C)cc1. The van der Waals surface area contributed by atoms with Crippen LogP contribution >= 0.6 is 0 Å². The molecule has 1 aromatic carbocycles. The summed E-state index contributed by atoms with van der Waals surface area (Å²) in [5, 5.41) is 2.70. The summed E-state index contributed by atoms with van der Waals surface area (Å²) >= 11 is 0. The van der Waals surface area contributed by atoms with Crippen LogP contribution in [0.25, 0.3) is 0 Å². The standard InChI is InChI=1S/C15H20N2O2/c1-11-5-3-4-10-17(11)15(19)13-6-8-14(9-7-13)16-12(2)18/h6-9,11H,3-5,10H2,1-2H3,(H,16,18). The Kier molecular flexibility index (Phi) is 4.20. The fourth-order valence-electron chi connectivity index (χ4n) is 2.47. The van der Waals surface area contributed by atoms with E-state index >= 15 is 0 Å². The van der Waals surface area contributed by atoms with Crippen molar-refractivity contribution < 1.29 is 9.59 Å². The minimum atomic E-state index is -0.108. The highest BCUT2D eigenvalue weighted by molar-refractivity contribution is 5.95. The van der Waals surface area contributed by atoms with Crippen molar-refractivity contribution in [2.75, 3.05) is 11.9 Å². The zero-order valence-electron chi connectivity index (χ0n) is 11.5. The average molecular weight is 260 g/mol. The third-order valence-corrected chi connectivity index (χ3v) is 3.52. The second-order valence-electron chi connectivity index (χ2n) is 5.10. The molecule has 102 valence electrons. The molecule has 1 aliphatic rings. The summed E-state index contributed by atoms with van der Waals surface area (Å²) in [6, 6.07) is 7.40. The number of rotatable bonds is 2. The van der Waals surface area contributed by atoms with E-state index in [-0.39, 0.29) is 11.8 Å². The first-order valence-corrected chi connectivity index (χ1v) is 6.76. The first-order valence-electron chi connectivity index (χ1n) is 6.76. The van der Waals surface area contributed by atoms with Gasteiger partial charge in [0, 0.05) is 30.8 Å². The molecule has 19 heavy (non-hydrogen) atoms. The number of nitrogens with zero attached hydrogens (tertiary/aromatic N) is 1. The molecule has 1 unspecified atom stereocenters. The summed E-state index contributed by atoms with van der Waals surface area (Å²) in [6.07, 6.45) is 3.36. The van der Waals surface area contributed by atoms with E-state index in [1.54, 1.807) is 24.3 Å². The van der Waals surface area contributed by atoms with Gasteiger partial charge < -0.3 is 10.2 Å². The molecule has 2 rings (SSSR count). The van der Waals surface area contributed by atoms with Crippen LogP contribution < -0.4 is 5.32 Å². The molecule has 1 saturated heterocycles. The van der Waals surface area contributed by atoms with Crippen LogP contribution in [0.2, 0.25) is 0 Å². The second-order valence-corrected chi connectivity index (χ2v) is 5.10. The van der Waals surface area contributed by atoms with E-state index < -0.39 is 0 Å². The van der Waals surface area contributed by atoms with Gasteiger partial charge in [-0.05, 0) is 50.5 Å². The number of carbonyl (C=O) groups excluding carboxylic acids is 2. The van der Waals surface area contributed by atoms with Crippen molar-refractivity contribution in [2.24, 2.45) is 0 Å². The number of amides is 2. The summed E-state index contributed by atoms with van der Waals surface area (Å²) in [5.74, 6) is -0.0229. The minimum absolute atomic E-state index is 0.0848. The number of benzene rings is 1. The molecule has 0 aliphatic carbocycles. The van der Waals surface area contributed by atoms with Crippen LogP contribution in [0.1, 0.15) is 43.5 Å². The lowest BCUT2D eigenvalue weighted by Gasteiger charge is -2.33. The highest BCUT2D eigenvalue weighted by atomic mass is 16.2. The number of nitrogens with one attached hydrogen (secondary N) is 1. The molecular weight excluding hydrogens is 240 g/mol. The molecule has 0 saturated carbocycles. The minimum Gasteiger partial charge on any atom is -0.336 e. The second kappa shape index (κ2) is 5.87. The van der Waals surface area contributed by atoms with Gasteiger partial charge in [0.05, 0.1) is 0 Å². The number of piperidine rings is 1. The maximum Gasteiger partial charge on any atom is 0.254 e. The van der Waals surface area contributed by atoms with Crippen LogP contribution in [-0.4, -0.2) is 29.3 Å². The van der Waals surface area contributed by atoms with Crippen molar-refractivity contribution in [3.8, 4) is 0 Å². The number of anilines is 1. The molecule has 1 heterocycles. The number of hydrogen-bond acceptors (Lipinski definition) is 2. The highest BCUT2D eigenvalue weighted by Gasteiger charge is 2.23. The Balaban J connectivity index is 2.08. The molecule has 4 nitrogen and oxygen atoms in total. The fraction of sp³-hybridized carbons (Fsp3) is 0.467. The number of carbonyl (C=O) groups is 2. The van der Waals surface area contributed by atoms with Gasteiger partial charge in [-0.1, -0.05) is 0 Å². The molecule has 1 atom stereocenters. The predicted molar refractivity (Wildman–Crippen MR) is 75.1 cm³/mol. The van der Waals surface area contributed by atoms with Crippen molar-refractivity contribution in [1.82, 2.24) is 4.90 Å². The molecule has 0 radical (unpaired) electrons. The molecule has 2 amide bonds. The van der Waals surface area contributed by atoms with E-state index in [1.807, 2.05) is 4.90 Å². The molecule has 1 aliphatic heterocycles. The van der Waals surface area contributed by atoms with Crippen molar-refractivity contribution >= 4 is 17.5 Å². The summed E-state index contributed by atoms with van der Waals surface area (Å²) in [7, 11) is 0. The summed E-state index contributed by atoms with van der Waals surface area (Å²) in [4.78, 5) is 25.3. The van der Waals surface area contributed by atoms with Gasteiger partial charge in [0.2, 0.25) is 5.91 Å². The molecular formula is C15H20N2O2. The van der Waals surface area contributed by atoms with Gasteiger partial charge in [0.15, 0.2) is 0 Å². The zero-order valence-corrected chi connectivity index (χ0v) is 11.5. The third kappa shape index (κ3) is 3.34. The van der Waals surface area contributed by atoms with Gasteiger partial charge in [-0.2, -0.15) is 0 Å². The van der Waals surface area contributed by atoms with Gasteiger partial charge in [0.1, 0.15) is 0 Å². The predicted octanol–water partition coefficient (Wildman–Crippen LogP) is 2.66. The van der Waals surface area contributed by atoms with Crippen molar-refractivity contribution in [3.05, 3.63) is 29.8 Å². The molecule has 0 bridgehead atoms. The Hall–Kier alpha value is -1.84. The summed E-state index contributed by atoms with van der Waals surface area (Å²) in [6.45, 7) is 4.41. The Labute approximate surface area is 113 Å². The van der Waals surface area contributed by atoms with Crippen LogP contribution in [-0.2, 0) is 4.79 Å². The van der Waals surface area contributed by atoms with Gasteiger partial charge in [0.25, 0.3) is 5.91 Å². The lowest BCUT2D eigenvalue weighted by Crippen LogP contribution is -2.42. The molecule has 4 heteroatoms. The highest BCUT2D eigenvalue weighted by Crippen LogP contribution is 2.20. The van der Waals surface area contributed by atoms with E-state index in [0.29, 0.717) is 11.6 Å². The number of likely N-dealkylation sites (tertiary alicyclic amines) is 1. The molecule has 1 N–H and O–H groups in total. The van der Waals surface area contributed by atoms with Crippen LogP contribution in [0.4, 0.5) is 5.69 Å². The van der Waals surface area contributed by atoms with E-state index in [1.165, 1.54) is 13.3 Å². The van der Waals surface area contributed by atoms with Crippen molar-refractivity contribution in [2.45, 2.75) is 39.2 Å². The molecule has 1 aromatic rings. The quantitative estimate of drug-likeness (QED) is 0.888. The molecule has 0 spiro atoms. The van der Waals surface area contributed by atoms with E-state index in [4.69, 9.17) is 0 Å². The first-order chi connectivity index (χ1) is 9.08. The van der Waals surface area contributed by atoms with E-state index in [0.717, 1.165) is 25.1 Å². The lowest BCUT2D eigenvalue weighted by molar-refractivity contribution is -0.114. The Morgan fingerprint density at radius 1 is 1.21 bits per heavy atom. The van der Waals surface area contributed by atoms with Gasteiger partial charge in [-0.15, -0.1) is 0 Å². The average Bonchev–Trinajstić information content (AvgIpc) is 2.39. The van der Waals surface area contributed by atoms with Crippen LogP contribution in [0.15, 0.2) is 24.3 Å². The van der Waals surface area contributed by atoms with Gasteiger partial charge in [-0.25, -0.2) is 0 Å². The maximum absolute atomic E-state index is 12.4. The fourth-order valence-corrected chi connectivity index (χ4v) is 2.47. The zero-order chi connectivity index (χ0) is 13.8. The normalized spacial score (nSPS) is 19.1. The largest absolute Gasteiger partial charge is 0.336 e. The van der Waals surface area contributed by atoms with Gasteiger partial charge in [-0.3, -0.25) is 9.59 Å². The monoisotopic (exact) mass is 260 g/mol. The molecule has 1 fully saturated rings. The van der Waals surface area contributed by atoms with E-state index in [9.17, 15) is 9.59 Å². The third-order valence-electron chi connectivity index (χ3n) is 3.52. The van der Waals surface area contributed by atoms with Crippen LogP contribution in [0.3, 0.4) is 0 Å². The van der Waals surface area contributed by atoms with Gasteiger partial charge >= 0.3 is 0 Å². The van der Waals surface area contributed by atoms with Crippen molar-refractivity contribution in [1.29, 1.82) is 0 Å². The van der Waals surface area contributed by atoms with Crippen LogP contribution in [0.5, 0.6) is 0 Å². The summed E-state index contributed by atoms with van der Waals surface area (Å²) < 4.78 is 0. The maximum atomic E-state index is 12.4. The summed E-state index contributed by atoms with van der Waals surface area (Å²) in [5.41, 5.74) is 1.40. The molecule has 0 aromatic heterocycles. The Bertz CT molecular complexity index is 468. The lowest BCUT2D eigenvalue weighted by atomic mass is 10.0.